The number of nitrogens with one attached hydrogen (secondary N) is 2. The van der Waals surface area contributed by atoms with Crippen LogP contribution in [0.25, 0.3) is 16.7 Å². The van der Waals surface area contributed by atoms with Crippen molar-refractivity contribution in [3.63, 3.8) is 0 Å². The van der Waals surface area contributed by atoms with Crippen LogP contribution in [-0.2, 0) is 19.0 Å². The summed E-state index contributed by atoms with van der Waals surface area (Å²) in [5.74, 6) is 0.351. The lowest BCUT2D eigenvalue weighted by atomic mass is 10.1. The second-order valence-electron chi connectivity index (χ2n) is 8.45. The van der Waals surface area contributed by atoms with E-state index in [1.807, 2.05) is 0 Å². The Morgan fingerprint density at radius 3 is 2.74 bits per heavy atom. The summed E-state index contributed by atoms with van der Waals surface area (Å²) in [7, 11) is 0. The highest BCUT2D eigenvalue weighted by atomic mass is 35.5. The molecule has 1 aliphatic carbocycles. The average Bonchev–Trinajstić information content (AvgIpc) is 3.46. The molecule has 0 spiro atoms. The summed E-state index contributed by atoms with van der Waals surface area (Å²) in [4.78, 5) is 24.8. The van der Waals surface area contributed by atoms with E-state index < -0.39 is 23.7 Å². The maximum absolute atomic E-state index is 14.1. The number of aryl methyl sites for hydroxylation is 2. The molecule has 0 saturated carbocycles. The summed E-state index contributed by atoms with van der Waals surface area (Å²) >= 11 is 5.99. The highest BCUT2D eigenvalue weighted by Crippen LogP contribution is 2.37. The van der Waals surface area contributed by atoms with E-state index in [9.17, 15) is 18.0 Å². The third-order valence-corrected chi connectivity index (χ3v) is 6.31. The molecule has 6 nitrogen and oxygen atoms in total. The standard InChI is InChI=1S/C24H21ClF3N5O/c1-12(22-31-17-8-7-15(25)11-19(17)32-22)29-23(34)14-6-9-20(16(10-14)24(26,27)28)33-13(2)30-18-4-3-5-21(18)33/h6-12H,3-5H2,1-2H3,(H,29,34)(H,31,32)/t12-/m0/s1. The number of fused-ring (bicyclic) bond motifs is 2. The van der Waals surface area contributed by atoms with E-state index in [1.54, 1.807) is 36.6 Å². The van der Waals surface area contributed by atoms with Crippen molar-refractivity contribution in [3.8, 4) is 5.69 Å². The van der Waals surface area contributed by atoms with Gasteiger partial charge in [0.2, 0.25) is 0 Å². The van der Waals surface area contributed by atoms with Gasteiger partial charge < -0.3 is 14.9 Å². The first-order valence-corrected chi connectivity index (χ1v) is 11.2. The van der Waals surface area contributed by atoms with Crippen LogP contribution < -0.4 is 5.32 Å². The third kappa shape index (κ3) is 3.94. The van der Waals surface area contributed by atoms with Gasteiger partial charge in [0.05, 0.1) is 34.0 Å². The summed E-state index contributed by atoms with van der Waals surface area (Å²) in [5, 5.41) is 3.25. The van der Waals surface area contributed by atoms with Crippen LogP contribution in [0.5, 0.6) is 0 Å². The second-order valence-corrected chi connectivity index (χ2v) is 8.89. The first-order chi connectivity index (χ1) is 16.1. The second kappa shape index (κ2) is 8.16. The number of imidazole rings is 2. The molecular formula is C24H21ClF3N5O. The number of benzene rings is 2. The Balaban J connectivity index is 1.46. The molecular weight excluding hydrogens is 467 g/mol. The fourth-order valence-electron chi connectivity index (χ4n) is 4.48. The van der Waals surface area contributed by atoms with Crippen LogP contribution in [0, 0.1) is 6.92 Å². The van der Waals surface area contributed by atoms with Gasteiger partial charge in [-0.2, -0.15) is 13.2 Å². The normalized spacial score (nSPS) is 14.4. The first-order valence-electron chi connectivity index (χ1n) is 10.9. The zero-order valence-corrected chi connectivity index (χ0v) is 19.2. The van der Waals surface area contributed by atoms with Gasteiger partial charge in [0.25, 0.3) is 5.91 Å². The molecule has 0 unspecified atom stereocenters. The number of hydrogen-bond acceptors (Lipinski definition) is 3. The average molecular weight is 488 g/mol. The summed E-state index contributed by atoms with van der Waals surface area (Å²) in [5.41, 5.74) is 2.05. The molecule has 10 heteroatoms. The number of H-pyrrole nitrogens is 1. The topological polar surface area (TPSA) is 75.6 Å². The molecule has 34 heavy (non-hydrogen) atoms. The molecule has 4 aromatic rings. The zero-order chi connectivity index (χ0) is 24.2. The maximum atomic E-state index is 14.1. The van der Waals surface area contributed by atoms with Crippen molar-refractivity contribution in [3.05, 3.63) is 75.6 Å². The molecule has 2 aromatic heterocycles. The largest absolute Gasteiger partial charge is 0.418 e. The molecule has 0 radical (unpaired) electrons. The maximum Gasteiger partial charge on any atom is 0.418 e. The third-order valence-electron chi connectivity index (χ3n) is 6.08. The van der Waals surface area contributed by atoms with Crippen LogP contribution in [0.4, 0.5) is 13.2 Å². The number of rotatable bonds is 4. The molecule has 2 N–H and O–H groups in total. The van der Waals surface area contributed by atoms with Gasteiger partial charge in [-0.3, -0.25) is 4.79 Å². The Morgan fingerprint density at radius 1 is 1.18 bits per heavy atom. The van der Waals surface area contributed by atoms with Crippen molar-refractivity contribution in [1.29, 1.82) is 0 Å². The lowest BCUT2D eigenvalue weighted by Crippen LogP contribution is -2.28. The van der Waals surface area contributed by atoms with Crippen molar-refractivity contribution in [2.24, 2.45) is 0 Å². The molecule has 0 fully saturated rings. The molecule has 1 amide bonds. The first kappa shape index (κ1) is 22.5. The molecule has 2 aromatic carbocycles. The van der Waals surface area contributed by atoms with Gasteiger partial charge in [0, 0.05) is 16.3 Å². The predicted octanol–water partition coefficient (Wildman–Crippen LogP) is 5.71. The number of alkyl halides is 3. The van der Waals surface area contributed by atoms with Gasteiger partial charge >= 0.3 is 6.18 Å². The Bertz CT molecular complexity index is 1420. The fourth-order valence-corrected chi connectivity index (χ4v) is 4.65. The Labute approximate surface area is 198 Å². The zero-order valence-electron chi connectivity index (χ0n) is 18.4. The number of carbonyl (C=O) groups excluding carboxylic acids is 1. The van der Waals surface area contributed by atoms with Crippen molar-refractivity contribution < 1.29 is 18.0 Å². The van der Waals surface area contributed by atoms with Crippen molar-refractivity contribution >= 4 is 28.5 Å². The molecule has 1 atom stereocenters. The number of aromatic amines is 1. The van der Waals surface area contributed by atoms with Crippen molar-refractivity contribution in [2.45, 2.75) is 45.3 Å². The monoisotopic (exact) mass is 487 g/mol. The number of nitrogens with zero attached hydrogens (tertiary/aromatic N) is 3. The minimum atomic E-state index is -4.64. The Hall–Kier alpha value is -3.33. The van der Waals surface area contributed by atoms with Crippen LogP contribution in [0.15, 0.2) is 36.4 Å². The molecule has 0 bridgehead atoms. The summed E-state index contributed by atoms with van der Waals surface area (Å²) in [6, 6.07) is 8.26. The summed E-state index contributed by atoms with van der Waals surface area (Å²) in [6.07, 6.45) is -2.34. The quantitative estimate of drug-likeness (QED) is 0.387. The smallest absolute Gasteiger partial charge is 0.342 e. The predicted molar refractivity (Wildman–Crippen MR) is 122 cm³/mol. The Morgan fingerprint density at radius 2 is 1.97 bits per heavy atom. The van der Waals surface area contributed by atoms with Gasteiger partial charge in [0.15, 0.2) is 0 Å². The molecule has 5 rings (SSSR count). The van der Waals surface area contributed by atoms with Crippen LogP contribution in [0.3, 0.4) is 0 Å². The fraction of sp³-hybridized carbons (Fsp3) is 0.292. The van der Waals surface area contributed by atoms with Gasteiger partial charge in [0.1, 0.15) is 11.6 Å². The van der Waals surface area contributed by atoms with E-state index in [2.05, 4.69) is 20.3 Å². The number of aromatic nitrogens is 4. The number of carbonyl (C=O) groups is 1. The number of hydrogen-bond donors (Lipinski definition) is 2. The number of halogens is 4. The van der Waals surface area contributed by atoms with E-state index in [0.29, 0.717) is 28.6 Å². The minimum Gasteiger partial charge on any atom is -0.342 e. The van der Waals surface area contributed by atoms with E-state index >= 15 is 0 Å². The van der Waals surface area contributed by atoms with Gasteiger partial charge in [-0.1, -0.05) is 11.6 Å². The van der Waals surface area contributed by atoms with E-state index in [4.69, 9.17) is 11.6 Å². The van der Waals surface area contributed by atoms with Crippen LogP contribution in [-0.4, -0.2) is 25.4 Å². The molecule has 176 valence electrons. The summed E-state index contributed by atoms with van der Waals surface area (Å²) < 4.78 is 43.7. The van der Waals surface area contributed by atoms with Gasteiger partial charge in [-0.05, 0) is 69.5 Å². The molecule has 0 saturated heterocycles. The van der Waals surface area contributed by atoms with Gasteiger partial charge in [-0.15, -0.1) is 0 Å². The highest BCUT2D eigenvalue weighted by molar-refractivity contribution is 6.31. The highest BCUT2D eigenvalue weighted by Gasteiger charge is 2.36. The van der Waals surface area contributed by atoms with Crippen molar-refractivity contribution in [1.82, 2.24) is 24.8 Å². The van der Waals surface area contributed by atoms with E-state index in [0.717, 1.165) is 35.8 Å². The SMILES string of the molecule is Cc1nc2c(n1-c1ccc(C(=O)N[C@@H](C)c3nc4cc(Cl)ccc4[nH]3)cc1C(F)(F)F)CCC2. The number of amides is 1. The van der Waals surface area contributed by atoms with E-state index in [-0.39, 0.29) is 11.3 Å². The van der Waals surface area contributed by atoms with Crippen LogP contribution in [0.1, 0.15) is 58.3 Å². The summed E-state index contributed by atoms with van der Waals surface area (Å²) in [6.45, 7) is 3.40. The van der Waals surface area contributed by atoms with Crippen molar-refractivity contribution in [2.75, 3.05) is 0 Å². The lowest BCUT2D eigenvalue weighted by molar-refractivity contribution is -0.137. The molecule has 1 aliphatic rings. The Kier molecular flexibility index (Phi) is 5.39. The molecule has 0 aliphatic heterocycles. The van der Waals surface area contributed by atoms with E-state index in [1.165, 1.54) is 12.1 Å². The van der Waals surface area contributed by atoms with Crippen LogP contribution in [0.2, 0.25) is 5.02 Å². The lowest BCUT2D eigenvalue weighted by Gasteiger charge is -2.18. The van der Waals surface area contributed by atoms with Gasteiger partial charge in [-0.25, -0.2) is 9.97 Å². The molecule has 2 heterocycles. The minimum absolute atomic E-state index is 0.0144. The van der Waals surface area contributed by atoms with Crippen LogP contribution >= 0.6 is 11.6 Å².